The number of rotatable bonds is 1. The number of nitrogens with zero attached hydrogens (tertiary/aromatic N) is 1. The van der Waals surface area contributed by atoms with Gasteiger partial charge >= 0.3 is 29.6 Å². The third-order valence-corrected chi connectivity index (χ3v) is 3.92. The molecule has 1 N–H and O–H groups in total. The molecule has 1 aliphatic rings. The molecule has 1 aromatic heterocycles. The third kappa shape index (κ3) is 3.85. The Morgan fingerprint density at radius 1 is 1.15 bits per heavy atom. The molecule has 2 nitrogen and oxygen atoms in total. The molecule has 20 heavy (non-hydrogen) atoms. The van der Waals surface area contributed by atoms with Gasteiger partial charge in [-0.3, -0.25) is 4.98 Å². The van der Waals surface area contributed by atoms with Crippen LogP contribution >= 0.6 is 0 Å². The number of hydrogen-bond donors (Lipinski definition) is 1. The fourth-order valence-electron chi connectivity index (χ4n) is 2.74. The SMILES string of the molecule is Cc1ccc2ccc(C3CCC(C)CN3)cc2n1.[BH4-].[Na+]. The number of piperidine rings is 1. The molecule has 0 radical (unpaired) electrons. The van der Waals surface area contributed by atoms with Crippen LogP contribution in [0.25, 0.3) is 10.9 Å². The van der Waals surface area contributed by atoms with Crippen molar-refractivity contribution in [2.45, 2.75) is 32.7 Å². The van der Waals surface area contributed by atoms with Gasteiger partial charge in [0.1, 0.15) is 0 Å². The van der Waals surface area contributed by atoms with Crippen LogP contribution in [-0.2, 0) is 0 Å². The number of pyridine rings is 1. The molecular formula is C16H24BN2Na. The molecular weight excluding hydrogens is 254 g/mol. The van der Waals surface area contributed by atoms with E-state index in [1.54, 1.807) is 0 Å². The number of fused-ring (bicyclic) bond motifs is 1. The maximum Gasteiger partial charge on any atom is 1.00 e. The third-order valence-electron chi connectivity index (χ3n) is 3.92. The largest absolute Gasteiger partial charge is 1.00 e. The first-order valence-corrected chi connectivity index (χ1v) is 6.83. The minimum atomic E-state index is 0. The molecule has 2 heterocycles. The first kappa shape index (κ1) is 17.7. The summed E-state index contributed by atoms with van der Waals surface area (Å²) in [5.74, 6) is 0.807. The van der Waals surface area contributed by atoms with Gasteiger partial charge in [0, 0.05) is 17.1 Å². The summed E-state index contributed by atoms with van der Waals surface area (Å²) < 4.78 is 0. The summed E-state index contributed by atoms with van der Waals surface area (Å²) in [5, 5.41) is 4.87. The molecule has 1 fully saturated rings. The summed E-state index contributed by atoms with van der Waals surface area (Å²) in [7, 11) is 0. The van der Waals surface area contributed by atoms with Crippen LogP contribution in [0.2, 0.25) is 0 Å². The van der Waals surface area contributed by atoms with Crippen LogP contribution in [0.4, 0.5) is 0 Å². The van der Waals surface area contributed by atoms with Crippen molar-refractivity contribution in [3.8, 4) is 0 Å². The predicted octanol–water partition coefficient (Wildman–Crippen LogP) is -0.844. The van der Waals surface area contributed by atoms with Crippen LogP contribution in [0.1, 0.15) is 37.1 Å². The Morgan fingerprint density at radius 2 is 1.90 bits per heavy atom. The van der Waals surface area contributed by atoms with Gasteiger partial charge in [-0.1, -0.05) is 33.5 Å². The van der Waals surface area contributed by atoms with E-state index in [0.717, 1.165) is 23.7 Å². The Morgan fingerprint density at radius 3 is 2.60 bits per heavy atom. The fourth-order valence-corrected chi connectivity index (χ4v) is 2.74. The topological polar surface area (TPSA) is 24.9 Å². The standard InChI is InChI=1S/C16H20N2.BH4.Na/c1-11-3-8-15(17-10-11)14-7-6-13-5-4-12(2)18-16(13)9-14;;/h4-7,9,11,15,17H,3,8,10H2,1-2H3;1H4;/q;-1;+1. The van der Waals surface area contributed by atoms with Crippen LogP contribution in [-0.4, -0.2) is 19.9 Å². The monoisotopic (exact) mass is 278 g/mol. The molecule has 2 unspecified atom stereocenters. The van der Waals surface area contributed by atoms with Crippen LogP contribution in [0.15, 0.2) is 30.3 Å². The van der Waals surface area contributed by atoms with E-state index in [4.69, 9.17) is 0 Å². The Bertz CT molecular complexity index is 565. The van der Waals surface area contributed by atoms with E-state index >= 15 is 0 Å². The average molecular weight is 278 g/mol. The van der Waals surface area contributed by atoms with Crippen molar-refractivity contribution in [3.63, 3.8) is 0 Å². The van der Waals surface area contributed by atoms with Gasteiger partial charge < -0.3 is 5.32 Å². The molecule has 1 aromatic carbocycles. The molecule has 4 heteroatoms. The number of nitrogens with one attached hydrogen (secondary N) is 1. The van der Waals surface area contributed by atoms with Gasteiger partial charge in [-0.15, -0.1) is 0 Å². The first-order valence-electron chi connectivity index (χ1n) is 6.83. The van der Waals surface area contributed by atoms with Gasteiger partial charge in [0.25, 0.3) is 0 Å². The van der Waals surface area contributed by atoms with E-state index in [1.807, 2.05) is 6.92 Å². The smallest absolute Gasteiger partial charge is 0.310 e. The number of benzene rings is 1. The Kier molecular flexibility index (Phi) is 6.73. The molecule has 0 saturated carbocycles. The van der Waals surface area contributed by atoms with Gasteiger partial charge in [-0.05, 0) is 49.9 Å². The molecule has 2 atom stereocenters. The van der Waals surface area contributed by atoms with Gasteiger partial charge in [-0.25, -0.2) is 0 Å². The Labute approximate surface area is 145 Å². The second kappa shape index (κ2) is 7.60. The number of hydrogen-bond acceptors (Lipinski definition) is 2. The van der Waals surface area contributed by atoms with Crippen molar-refractivity contribution < 1.29 is 29.6 Å². The molecule has 102 valence electrons. The van der Waals surface area contributed by atoms with Gasteiger partial charge in [-0.2, -0.15) is 0 Å². The normalized spacial score (nSPS) is 21.9. The summed E-state index contributed by atoms with van der Waals surface area (Å²) in [6.07, 6.45) is 2.55. The molecule has 1 aliphatic heterocycles. The molecule has 0 spiro atoms. The van der Waals surface area contributed by atoms with E-state index in [-0.39, 0.29) is 38.0 Å². The second-order valence-electron chi connectivity index (χ2n) is 5.55. The van der Waals surface area contributed by atoms with Crippen LogP contribution in [0, 0.1) is 12.8 Å². The molecule has 0 bridgehead atoms. The van der Waals surface area contributed by atoms with Gasteiger partial charge in [0.15, 0.2) is 0 Å². The summed E-state index contributed by atoms with van der Waals surface area (Å²) in [6.45, 7) is 5.49. The molecule has 2 aromatic rings. The second-order valence-corrected chi connectivity index (χ2v) is 5.55. The quantitative estimate of drug-likeness (QED) is 0.688. The van der Waals surface area contributed by atoms with Crippen molar-refractivity contribution in [1.29, 1.82) is 0 Å². The zero-order chi connectivity index (χ0) is 12.5. The maximum absolute atomic E-state index is 4.62. The molecule has 0 amide bonds. The first-order chi connectivity index (χ1) is 8.72. The van der Waals surface area contributed by atoms with Gasteiger partial charge in [0.2, 0.25) is 0 Å². The van der Waals surface area contributed by atoms with E-state index in [0.29, 0.717) is 6.04 Å². The van der Waals surface area contributed by atoms with Crippen LogP contribution in [0.5, 0.6) is 0 Å². The van der Waals surface area contributed by atoms with Crippen molar-refractivity contribution in [3.05, 3.63) is 41.6 Å². The summed E-state index contributed by atoms with van der Waals surface area (Å²) in [4.78, 5) is 4.62. The minimum Gasteiger partial charge on any atom is -0.310 e. The Hall–Kier alpha value is -0.345. The van der Waals surface area contributed by atoms with Crippen molar-refractivity contribution in [2.75, 3.05) is 6.54 Å². The van der Waals surface area contributed by atoms with Gasteiger partial charge in [0.05, 0.1) is 5.52 Å². The fraction of sp³-hybridized carbons (Fsp3) is 0.438. The summed E-state index contributed by atoms with van der Waals surface area (Å²) in [6, 6.07) is 11.4. The van der Waals surface area contributed by atoms with Crippen molar-refractivity contribution in [1.82, 2.24) is 10.3 Å². The van der Waals surface area contributed by atoms with Crippen LogP contribution < -0.4 is 34.9 Å². The Balaban J connectivity index is 0.000001000. The number of aromatic nitrogens is 1. The van der Waals surface area contributed by atoms with E-state index in [1.165, 1.54) is 23.8 Å². The molecule has 0 aliphatic carbocycles. The molecule has 3 rings (SSSR count). The summed E-state index contributed by atoms with van der Waals surface area (Å²) in [5.41, 5.74) is 3.59. The van der Waals surface area contributed by atoms with E-state index in [2.05, 4.69) is 47.6 Å². The van der Waals surface area contributed by atoms with Crippen molar-refractivity contribution in [2.24, 2.45) is 5.92 Å². The summed E-state index contributed by atoms with van der Waals surface area (Å²) >= 11 is 0. The molecule has 1 saturated heterocycles. The zero-order valence-electron chi connectivity index (χ0n) is 12.1. The minimum absolute atomic E-state index is 0. The average Bonchev–Trinajstić information content (AvgIpc) is 2.38. The number of aryl methyl sites for hydroxylation is 1. The van der Waals surface area contributed by atoms with E-state index in [9.17, 15) is 0 Å². The van der Waals surface area contributed by atoms with Crippen molar-refractivity contribution >= 4 is 19.3 Å². The zero-order valence-corrected chi connectivity index (χ0v) is 14.1. The predicted molar refractivity (Wildman–Crippen MR) is 87.0 cm³/mol. The van der Waals surface area contributed by atoms with Crippen LogP contribution in [0.3, 0.4) is 0 Å². The van der Waals surface area contributed by atoms with E-state index < -0.39 is 0 Å². The maximum atomic E-state index is 4.62.